The van der Waals surface area contributed by atoms with E-state index in [1.165, 1.54) is 0 Å². The highest BCUT2D eigenvalue weighted by atomic mass is 16.3. The third-order valence-corrected chi connectivity index (χ3v) is 1.17. The van der Waals surface area contributed by atoms with E-state index >= 15 is 0 Å². The average Bonchev–Trinajstić information content (AvgIpc) is 2.13. The van der Waals surface area contributed by atoms with Crippen molar-refractivity contribution in [3.8, 4) is 0 Å². The Bertz CT molecular complexity index is 51.0. The van der Waals surface area contributed by atoms with Gasteiger partial charge in [-0.3, -0.25) is 0 Å². The SMILES string of the molecule is OCCCCCCO.OCCO. The average molecular weight is 180 g/mol. The van der Waals surface area contributed by atoms with E-state index in [0.717, 1.165) is 25.7 Å². The number of rotatable bonds is 6. The minimum Gasteiger partial charge on any atom is -0.396 e. The quantitative estimate of drug-likeness (QED) is 0.415. The predicted octanol–water partition coefficient (Wildman–Crippen LogP) is -0.498. The molecule has 0 aromatic heterocycles. The van der Waals surface area contributed by atoms with E-state index in [4.69, 9.17) is 20.4 Å². The van der Waals surface area contributed by atoms with Gasteiger partial charge in [0.2, 0.25) is 0 Å². The molecule has 0 aliphatic heterocycles. The van der Waals surface area contributed by atoms with E-state index in [1.807, 2.05) is 0 Å². The molecule has 0 saturated carbocycles. The molecule has 4 heteroatoms. The van der Waals surface area contributed by atoms with Gasteiger partial charge in [-0.05, 0) is 12.8 Å². The van der Waals surface area contributed by atoms with Crippen molar-refractivity contribution in [1.29, 1.82) is 0 Å². The van der Waals surface area contributed by atoms with Crippen LogP contribution >= 0.6 is 0 Å². The van der Waals surface area contributed by atoms with Crippen molar-refractivity contribution >= 4 is 0 Å². The largest absolute Gasteiger partial charge is 0.396 e. The topological polar surface area (TPSA) is 80.9 Å². The second kappa shape index (κ2) is 17.1. The van der Waals surface area contributed by atoms with E-state index in [-0.39, 0.29) is 26.4 Å². The summed E-state index contributed by atoms with van der Waals surface area (Å²) in [6.45, 7) is 0.316. The molecule has 0 radical (unpaired) electrons. The van der Waals surface area contributed by atoms with Crippen molar-refractivity contribution < 1.29 is 20.4 Å². The fourth-order valence-corrected chi connectivity index (χ4v) is 0.577. The second-order valence-corrected chi connectivity index (χ2v) is 2.31. The van der Waals surface area contributed by atoms with Crippen LogP contribution in [0.1, 0.15) is 25.7 Å². The summed E-state index contributed by atoms with van der Waals surface area (Å²) in [5, 5.41) is 31.9. The molecule has 12 heavy (non-hydrogen) atoms. The van der Waals surface area contributed by atoms with Crippen LogP contribution in [-0.2, 0) is 0 Å². The van der Waals surface area contributed by atoms with Gasteiger partial charge < -0.3 is 20.4 Å². The summed E-state index contributed by atoms with van der Waals surface area (Å²) < 4.78 is 0. The van der Waals surface area contributed by atoms with Crippen LogP contribution in [-0.4, -0.2) is 46.9 Å². The highest BCUT2D eigenvalue weighted by Gasteiger charge is 1.84. The van der Waals surface area contributed by atoms with Crippen LogP contribution in [0.15, 0.2) is 0 Å². The fraction of sp³-hybridized carbons (Fsp3) is 1.00. The molecule has 0 aromatic carbocycles. The fourth-order valence-electron chi connectivity index (χ4n) is 0.577. The third kappa shape index (κ3) is 22.5. The molecule has 0 rings (SSSR count). The number of hydrogen-bond donors (Lipinski definition) is 4. The Hall–Kier alpha value is -0.160. The molecule has 0 aliphatic rings. The zero-order valence-corrected chi connectivity index (χ0v) is 7.45. The van der Waals surface area contributed by atoms with Gasteiger partial charge in [0, 0.05) is 13.2 Å². The van der Waals surface area contributed by atoms with Crippen molar-refractivity contribution in [2.24, 2.45) is 0 Å². The zero-order valence-electron chi connectivity index (χ0n) is 7.45. The summed E-state index contributed by atoms with van der Waals surface area (Å²) >= 11 is 0. The first-order valence-corrected chi connectivity index (χ1v) is 4.26. The lowest BCUT2D eigenvalue weighted by molar-refractivity contribution is 0.186. The lowest BCUT2D eigenvalue weighted by Crippen LogP contribution is -1.85. The lowest BCUT2D eigenvalue weighted by Gasteiger charge is -1.93. The molecule has 0 aliphatic carbocycles. The Morgan fingerprint density at radius 2 is 0.750 bits per heavy atom. The van der Waals surface area contributed by atoms with Gasteiger partial charge >= 0.3 is 0 Å². The van der Waals surface area contributed by atoms with Crippen LogP contribution in [0.4, 0.5) is 0 Å². The number of unbranched alkanes of at least 4 members (excludes halogenated alkanes) is 3. The Morgan fingerprint density at radius 3 is 0.917 bits per heavy atom. The van der Waals surface area contributed by atoms with Gasteiger partial charge in [0.1, 0.15) is 0 Å². The summed E-state index contributed by atoms with van der Waals surface area (Å²) in [5.74, 6) is 0. The van der Waals surface area contributed by atoms with Gasteiger partial charge in [0.15, 0.2) is 0 Å². The van der Waals surface area contributed by atoms with Gasteiger partial charge in [-0.25, -0.2) is 0 Å². The molecule has 0 amide bonds. The van der Waals surface area contributed by atoms with Crippen molar-refractivity contribution in [1.82, 2.24) is 0 Å². The monoisotopic (exact) mass is 180 g/mol. The van der Waals surface area contributed by atoms with Crippen molar-refractivity contribution in [3.63, 3.8) is 0 Å². The number of aliphatic hydroxyl groups is 4. The lowest BCUT2D eigenvalue weighted by atomic mass is 10.2. The van der Waals surface area contributed by atoms with Crippen LogP contribution in [0.5, 0.6) is 0 Å². The highest BCUT2D eigenvalue weighted by molar-refractivity contribution is 4.39. The van der Waals surface area contributed by atoms with Crippen LogP contribution in [0, 0.1) is 0 Å². The van der Waals surface area contributed by atoms with E-state index in [2.05, 4.69) is 0 Å². The molecule has 4 nitrogen and oxygen atoms in total. The van der Waals surface area contributed by atoms with Crippen LogP contribution in [0.25, 0.3) is 0 Å². The maximum absolute atomic E-state index is 8.30. The van der Waals surface area contributed by atoms with Crippen molar-refractivity contribution in [2.75, 3.05) is 26.4 Å². The van der Waals surface area contributed by atoms with Gasteiger partial charge in [-0.2, -0.15) is 0 Å². The highest BCUT2D eigenvalue weighted by Crippen LogP contribution is 1.96. The molecule has 0 atom stereocenters. The molecule has 0 fully saturated rings. The molecule has 0 heterocycles. The first-order valence-electron chi connectivity index (χ1n) is 4.26. The molecule has 0 unspecified atom stereocenters. The zero-order chi connectivity index (χ0) is 9.66. The third-order valence-electron chi connectivity index (χ3n) is 1.17. The smallest absolute Gasteiger partial charge is 0.0662 e. The molecule has 0 saturated heterocycles. The Labute approximate surface area is 73.5 Å². The molecule has 0 bridgehead atoms. The van der Waals surface area contributed by atoms with E-state index < -0.39 is 0 Å². The standard InChI is InChI=1S/C6H14O2.C2H6O2/c7-5-3-1-2-4-6-8;3-1-2-4/h7-8H,1-6H2;3-4H,1-2H2. The summed E-state index contributed by atoms with van der Waals surface area (Å²) in [4.78, 5) is 0. The van der Waals surface area contributed by atoms with Crippen LogP contribution < -0.4 is 0 Å². The van der Waals surface area contributed by atoms with E-state index in [9.17, 15) is 0 Å². The maximum atomic E-state index is 8.30. The molecular weight excluding hydrogens is 160 g/mol. The van der Waals surface area contributed by atoms with Crippen LogP contribution in [0.2, 0.25) is 0 Å². The van der Waals surface area contributed by atoms with E-state index in [0.29, 0.717) is 0 Å². The van der Waals surface area contributed by atoms with Gasteiger partial charge in [-0.15, -0.1) is 0 Å². The van der Waals surface area contributed by atoms with Gasteiger partial charge in [0.05, 0.1) is 13.2 Å². The molecule has 0 spiro atoms. The summed E-state index contributed by atoms with van der Waals surface area (Å²) in [7, 11) is 0. The molecule has 76 valence electrons. The van der Waals surface area contributed by atoms with Gasteiger partial charge in [-0.1, -0.05) is 12.8 Å². The minimum absolute atomic E-state index is 0.125. The van der Waals surface area contributed by atoms with Crippen LogP contribution in [0.3, 0.4) is 0 Å². The normalized spacial score (nSPS) is 9.00. The first-order chi connectivity index (χ1) is 5.83. The Kier molecular flexibility index (Phi) is 20.4. The summed E-state index contributed by atoms with van der Waals surface area (Å²) in [6, 6.07) is 0. The number of hydrogen-bond acceptors (Lipinski definition) is 4. The van der Waals surface area contributed by atoms with E-state index in [1.54, 1.807) is 0 Å². The summed E-state index contributed by atoms with van der Waals surface area (Å²) in [6.07, 6.45) is 3.83. The summed E-state index contributed by atoms with van der Waals surface area (Å²) in [5.41, 5.74) is 0. The first kappa shape index (κ1) is 14.4. The molecule has 0 aromatic rings. The Morgan fingerprint density at radius 1 is 0.417 bits per heavy atom. The predicted molar refractivity (Wildman–Crippen MR) is 46.8 cm³/mol. The van der Waals surface area contributed by atoms with Gasteiger partial charge in [0.25, 0.3) is 0 Å². The minimum atomic E-state index is -0.125. The Balaban J connectivity index is 0. The number of aliphatic hydroxyl groups excluding tert-OH is 4. The second-order valence-electron chi connectivity index (χ2n) is 2.31. The molecular formula is C8H20O4. The van der Waals surface area contributed by atoms with Crippen molar-refractivity contribution in [3.05, 3.63) is 0 Å². The molecule has 4 N–H and O–H groups in total. The van der Waals surface area contributed by atoms with Crippen molar-refractivity contribution in [2.45, 2.75) is 25.7 Å². The maximum Gasteiger partial charge on any atom is 0.0662 e.